The first kappa shape index (κ1) is 14.6. The Labute approximate surface area is 126 Å². The maximum atomic E-state index is 10.4. The molecule has 0 radical (unpaired) electrons. The molecule has 0 heterocycles. The van der Waals surface area contributed by atoms with E-state index in [9.17, 15) is 4.79 Å². The second kappa shape index (κ2) is 7.10. The lowest BCUT2D eigenvalue weighted by atomic mass is 10.0. The summed E-state index contributed by atoms with van der Waals surface area (Å²) in [6, 6.07) is 16.5. The Hall–Kier alpha value is -1.81. The molecule has 0 unspecified atom stereocenters. The van der Waals surface area contributed by atoms with Crippen LogP contribution in [0.2, 0.25) is 0 Å². The molecular formula is C16H16BrNO2. The summed E-state index contributed by atoms with van der Waals surface area (Å²) in [5, 5.41) is 10.9. The Kier molecular flexibility index (Phi) is 5.18. The number of nitrogens with one attached hydrogen (secondary N) is 1. The van der Waals surface area contributed by atoms with Crippen LogP contribution in [0.5, 0.6) is 0 Å². The van der Waals surface area contributed by atoms with Gasteiger partial charge in [0.15, 0.2) is 0 Å². The number of amides is 1. The number of hydrogen-bond acceptors (Lipinski definition) is 1. The summed E-state index contributed by atoms with van der Waals surface area (Å²) >= 11 is 3.43. The molecule has 0 saturated heterocycles. The Morgan fingerprint density at radius 3 is 2.45 bits per heavy atom. The van der Waals surface area contributed by atoms with Crippen molar-refractivity contribution in [1.29, 1.82) is 0 Å². The molecule has 0 atom stereocenters. The van der Waals surface area contributed by atoms with E-state index in [1.54, 1.807) is 0 Å². The Bertz CT molecular complexity index is 581. The number of carbonyl (C=O) groups is 1. The third-order valence-corrected chi connectivity index (χ3v) is 3.53. The molecule has 3 nitrogen and oxygen atoms in total. The van der Waals surface area contributed by atoms with E-state index in [2.05, 4.69) is 45.5 Å². The molecule has 0 fully saturated rings. The zero-order chi connectivity index (χ0) is 14.4. The fourth-order valence-electron chi connectivity index (χ4n) is 2.05. The summed E-state index contributed by atoms with van der Waals surface area (Å²) in [6.45, 7) is 0.442. The maximum absolute atomic E-state index is 10.4. The van der Waals surface area contributed by atoms with Gasteiger partial charge in [-0.25, -0.2) is 4.79 Å². The molecule has 0 spiro atoms. The normalized spacial score (nSPS) is 10.2. The first-order valence-corrected chi connectivity index (χ1v) is 7.22. The third-order valence-electron chi connectivity index (χ3n) is 3.00. The number of hydrogen-bond donors (Lipinski definition) is 2. The highest BCUT2D eigenvalue weighted by Gasteiger charge is 2.00. The van der Waals surface area contributed by atoms with Gasteiger partial charge < -0.3 is 10.4 Å². The van der Waals surface area contributed by atoms with Crippen molar-refractivity contribution in [3.05, 3.63) is 69.7 Å². The SMILES string of the molecule is O=C(O)NCCc1cccc(Cc2ccc(Br)cc2)c1. The highest BCUT2D eigenvalue weighted by Crippen LogP contribution is 2.15. The summed E-state index contributed by atoms with van der Waals surface area (Å²) in [4.78, 5) is 10.4. The van der Waals surface area contributed by atoms with Crippen LogP contribution in [0.3, 0.4) is 0 Å². The van der Waals surface area contributed by atoms with Crippen molar-refractivity contribution in [3.63, 3.8) is 0 Å². The lowest BCUT2D eigenvalue weighted by Gasteiger charge is -2.06. The second-order valence-corrected chi connectivity index (χ2v) is 5.52. The Balaban J connectivity index is 1.98. The molecule has 0 aromatic heterocycles. The van der Waals surface area contributed by atoms with Crippen LogP contribution in [0.1, 0.15) is 16.7 Å². The van der Waals surface area contributed by atoms with Gasteiger partial charge in [0, 0.05) is 11.0 Å². The average Bonchev–Trinajstić information content (AvgIpc) is 2.41. The van der Waals surface area contributed by atoms with Gasteiger partial charge in [-0.3, -0.25) is 0 Å². The van der Waals surface area contributed by atoms with Crippen LogP contribution in [-0.2, 0) is 12.8 Å². The number of halogens is 1. The van der Waals surface area contributed by atoms with Crippen LogP contribution in [-0.4, -0.2) is 17.7 Å². The van der Waals surface area contributed by atoms with Crippen molar-refractivity contribution in [2.45, 2.75) is 12.8 Å². The minimum Gasteiger partial charge on any atom is -0.465 e. The van der Waals surface area contributed by atoms with Crippen molar-refractivity contribution in [3.8, 4) is 0 Å². The quantitative estimate of drug-likeness (QED) is 0.873. The standard InChI is InChI=1S/C16H16BrNO2/c17-15-6-4-13(5-7-15)11-14-3-1-2-12(10-14)8-9-18-16(19)20/h1-7,10,18H,8-9,11H2,(H,19,20). The predicted molar refractivity (Wildman–Crippen MR) is 83.1 cm³/mol. The Morgan fingerprint density at radius 1 is 1.05 bits per heavy atom. The highest BCUT2D eigenvalue weighted by atomic mass is 79.9. The topological polar surface area (TPSA) is 49.3 Å². The molecule has 20 heavy (non-hydrogen) atoms. The van der Waals surface area contributed by atoms with E-state index in [1.807, 2.05) is 24.3 Å². The van der Waals surface area contributed by atoms with Gasteiger partial charge in [-0.05, 0) is 41.7 Å². The fraction of sp³-hybridized carbons (Fsp3) is 0.188. The minimum atomic E-state index is -0.976. The smallest absolute Gasteiger partial charge is 0.404 e. The first-order valence-electron chi connectivity index (χ1n) is 6.42. The molecule has 0 saturated carbocycles. The van der Waals surface area contributed by atoms with Gasteiger partial charge in [0.05, 0.1) is 0 Å². The van der Waals surface area contributed by atoms with E-state index >= 15 is 0 Å². The lowest BCUT2D eigenvalue weighted by molar-refractivity contribution is 0.194. The average molecular weight is 334 g/mol. The summed E-state index contributed by atoms with van der Waals surface area (Å²) in [5.74, 6) is 0. The Morgan fingerprint density at radius 2 is 1.75 bits per heavy atom. The van der Waals surface area contributed by atoms with Gasteiger partial charge in [0.2, 0.25) is 0 Å². The van der Waals surface area contributed by atoms with Gasteiger partial charge in [0.1, 0.15) is 0 Å². The van der Waals surface area contributed by atoms with Crippen LogP contribution >= 0.6 is 15.9 Å². The van der Waals surface area contributed by atoms with Crippen molar-refractivity contribution >= 4 is 22.0 Å². The molecule has 2 aromatic carbocycles. The van der Waals surface area contributed by atoms with Gasteiger partial charge in [-0.15, -0.1) is 0 Å². The molecule has 0 aliphatic rings. The van der Waals surface area contributed by atoms with Gasteiger partial charge in [-0.2, -0.15) is 0 Å². The van der Waals surface area contributed by atoms with Crippen LogP contribution < -0.4 is 5.32 Å². The van der Waals surface area contributed by atoms with E-state index in [4.69, 9.17) is 5.11 Å². The summed E-state index contributed by atoms with van der Waals surface area (Å²) in [5.41, 5.74) is 3.64. The fourth-order valence-corrected chi connectivity index (χ4v) is 2.31. The van der Waals surface area contributed by atoms with E-state index in [1.165, 1.54) is 11.1 Å². The molecule has 1 amide bonds. The summed E-state index contributed by atoms with van der Waals surface area (Å²) in [6.07, 6.45) is 0.615. The number of rotatable bonds is 5. The monoisotopic (exact) mass is 333 g/mol. The van der Waals surface area contributed by atoms with Crippen LogP contribution in [0.4, 0.5) is 4.79 Å². The number of benzene rings is 2. The van der Waals surface area contributed by atoms with Gasteiger partial charge in [-0.1, -0.05) is 52.3 Å². The first-order chi connectivity index (χ1) is 9.63. The zero-order valence-electron chi connectivity index (χ0n) is 11.0. The van der Waals surface area contributed by atoms with E-state index in [0.29, 0.717) is 13.0 Å². The van der Waals surface area contributed by atoms with Crippen molar-refractivity contribution in [2.75, 3.05) is 6.54 Å². The molecular weight excluding hydrogens is 318 g/mol. The molecule has 104 valence electrons. The molecule has 2 rings (SSSR count). The number of carboxylic acid groups (broad SMARTS) is 1. The molecule has 0 aliphatic carbocycles. The van der Waals surface area contributed by atoms with Crippen LogP contribution in [0.15, 0.2) is 53.0 Å². The van der Waals surface area contributed by atoms with E-state index in [0.717, 1.165) is 16.5 Å². The van der Waals surface area contributed by atoms with Crippen LogP contribution in [0.25, 0.3) is 0 Å². The lowest BCUT2D eigenvalue weighted by Crippen LogP contribution is -2.23. The molecule has 2 aromatic rings. The maximum Gasteiger partial charge on any atom is 0.404 e. The van der Waals surface area contributed by atoms with Gasteiger partial charge >= 0.3 is 6.09 Å². The van der Waals surface area contributed by atoms with E-state index < -0.39 is 6.09 Å². The second-order valence-electron chi connectivity index (χ2n) is 4.61. The van der Waals surface area contributed by atoms with Crippen LogP contribution in [0, 0.1) is 0 Å². The van der Waals surface area contributed by atoms with Crippen molar-refractivity contribution in [1.82, 2.24) is 5.32 Å². The third kappa shape index (κ3) is 4.70. The molecule has 0 aliphatic heterocycles. The highest BCUT2D eigenvalue weighted by molar-refractivity contribution is 9.10. The zero-order valence-corrected chi connectivity index (χ0v) is 12.6. The predicted octanol–water partition coefficient (Wildman–Crippen LogP) is 3.85. The molecule has 4 heteroatoms. The van der Waals surface area contributed by atoms with Crippen molar-refractivity contribution < 1.29 is 9.90 Å². The summed E-state index contributed by atoms with van der Waals surface area (Å²) < 4.78 is 1.08. The molecule has 2 N–H and O–H groups in total. The molecule has 0 bridgehead atoms. The van der Waals surface area contributed by atoms with Crippen molar-refractivity contribution in [2.24, 2.45) is 0 Å². The minimum absolute atomic E-state index is 0.442. The largest absolute Gasteiger partial charge is 0.465 e. The summed E-state index contributed by atoms with van der Waals surface area (Å²) in [7, 11) is 0. The van der Waals surface area contributed by atoms with E-state index in [-0.39, 0.29) is 0 Å². The van der Waals surface area contributed by atoms with Gasteiger partial charge in [0.25, 0.3) is 0 Å².